The van der Waals surface area contributed by atoms with Crippen LogP contribution in [0.2, 0.25) is 0 Å². The number of amides is 1. The van der Waals surface area contributed by atoms with Gasteiger partial charge < -0.3 is 11.1 Å². The van der Waals surface area contributed by atoms with Gasteiger partial charge in [0.05, 0.1) is 12.6 Å². The highest BCUT2D eigenvalue weighted by Crippen LogP contribution is 2.10. The highest BCUT2D eigenvalue weighted by molar-refractivity contribution is 5.78. The minimum atomic E-state index is -0.618. The smallest absolute Gasteiger partial charge is 0.235 e. The van der Waals surface area contributed by atoms with Crippen LogP contribution in [0, 0.1) is 11.3 Å². The molecular weight excluding hydrogens is 214 g/mol. The standard InChI is InChI=1S/C10H11N3O.C3H8/c11-6-9(13-10(14)7-12)8-4-2-1-3-5-8;1-3-2/h1-5,9H,7,12H2,(H,13,14);3H2,1-2H3. The van der Waals surface area contributed by atoms with Crippen molar-refractivity contribution in [3.63, 3.8) is 0 Å². The molecule has 0 aromatic heterocycles. The maximum absolute atomic E-state index is 11.0. The van der Waals surface area contributed by atoms with Crippen LogP contribution in [0.5, 0.6) is 0 Å². The minimum absolute atomic E-state index is 0.106. The average molecular weight is 233 g/mol. The van der Waals surface area contributed by atoms with Crippen LogP contribution in [0.15, 0.2) is 30.3 Å². The van der Waals surface area contributed by atoms with E-state index in [-0.39, 0.29) is 12.5 Å². The molecule has 0 fully saturated rings. The first kappa shape index (κ1) is 15.1. The fourth-order valence-electron chi connectivity index (χ4n) is 1.06. The van der Waals surface area contributed by atoms with Gasteiger partial charge in [-0.1, -0.05) is 50.6 Å². The SMILES string of the molecule is CCC.N#CC(NC(=O)CN)c1ccccc1. The van der Waals surface area contributed by atoms with E-state index in [1.165, 1.54) is 6.42 Å². The van der Waals surface area contributed by atoms with Crippen LogP contribution in [0.1, 0.15) is 31.9 Å². The van der Waals surface area contributed by atoms with Gasteiger partial charge >= 0.3 is 0 Å². The first-order valence-electron chi connectivity index (χ1n) is 5.63. The van der Waals surface area contributed by atoms with Crippen LogP contribution in [0.3, 0.4) is 0 Å². The predicted molar refractivity (Wildman–Crippen MR) is 68.0 cm³/mol. The third-order valence-electron chi connectivity index (χ3n) is 1.75. The van der Waals surface area contributed by atoms with E-state index in [1.54, 1.807) is 12.1 Å². The van der Waals surface area contributed by atoms with E-state index in [0.717, 1.165) is 5.56 Å². The summed E-state index contributed by atoms with van der Waals surface area (Å²) >= 11 is 0. The summed E-state index contributed by atoms with van der Waals surface area (Å²) in [5.41, 5.74) is 5.89. The number of nitrogens with two attached hydrogens (primary N) is 1. The van der Waals surface area contributed by atoms with Crippen LogP contribution in [0.4, 0.5) is 0 Å². The van der Waals surface area contributed by atoms with Gasteiger partial charge in [0.2, 0.25) is 5.91 Å². The van der Waals surface area contributed by atoms with Crippen LogP contribution in [-0.2, 0) is 4.79 Å². The second-order valence-corrected chi connectivity index (χ2v) is 3.45. The van der Waals surface area contributed by atoms with Gasteiger partial charge in [-0.2, -0.15) is 5.26 Å². The minimum Gasteiger partial charge on any atom is -0.336 e. The molecular formula is C13H19N3O. The number of rotatable bonds is 3. The summed E-state index contributed by atoms with van der Waals surface area (Å²) in [4.78, 5) is 11.0. The number of hydrogen-bond acceptors (Lipinski definition) is 3. The molecule has 0 radical (unpaired) electrons. The maximum Gasteiger partial charge on any atom is 0.235 e. The van der Waals surface area contributed by atoms with Gasteiger partial charge in [0, 0.05) is 0 Å². The summed E-state index contributed by atoms with van der Waals surface area (Å²) < 4.78 is 0. The lowest BCUT2D eigenvalue weighted by Gasteiger charge is -2.10. The highest BCUT2D eigenvalue weighted by Gasteiger charge is 2.11. The Morgan fingerprint density at radius 2 is 1.94 bits per heavy atom. The molecule has 0 spiro atoms. The zero-order valence-corrected chi connectivity index (χ0v) is 10.3. The number of benzene rings is 1. The molecule has 0 heterocycles. The third kappa shape index (κ3) is 6.33. The molecule has 1 unspecified atom stereocenters. The normalized spacial score (nSPS) is 10.5. The van der Waals surface area contributed by atoms with E-state index in [9.17, 15) is 4.79 Å². The molecule has 1 aromatic rings. The molecule has 17 heavy (non-hydrogen) atoms. The van der Waals surface area contributed by atoms with E-state index in [0.29, 0.717) is 0 Å². The Morgan fingerprint density at radius 3 is 2.35 bits per heavy atom. The van der Waals surface area contributed by atoms with Gasteiger partial charge in [0.25, 0.3) is 0 Å². The molecule has 4 heteroatoms. The van der Waals surface area contributed by atoms with Crippen LogP contribution >= 0.6 is 0 Å². The van der Waals surface area contributed by atoms with E-state index in [2.05, 4.69) is 19.2 Å². The van der Waals surface area contributed by atoms with Gasteiger partial charge in [-0.3, -0.25) is 4.79 Å². The second kappa shape index (κ2) is 9.37. The molecule has 1 atom stereocenters. The largest absolute Gasteiger partial charge is 0.336 e. The number of nitriles is 1. The van der Waals surface area contributed by atoms with Gasteiger partial charge in [-0.15, -0.1) is 0 Å². The molecule has 1 amide bonds. The van der Waals surface area contributed by atoms with Gasteiger partial charge in [-0.05, 0) is 5.56 Å². The Bertz CT molecular complexity index is 357. The van der Waals surface area contributed by atoms with Crippen molar-refractivity contribution in [3.8, 4) is 6.07 Å². The number of nitrogens with one attached hydrogen (secondary N) is 1. The molecule has 1 aromatic carbocycles. The molecule has 1 rings (SSSR count). The lowest BCUT2D eigenvalue weighted by Crippen LogP contribution is -2.33. The number of hydrogen-bond donors (Lipinski definition) is 2. The van der Waals surface area contributed by atoms with Crippen molar-refractivity contribution in [2.45, 2.75) is 26.3 Å². The highest BCUT2D eigenvalue weighted by atomic mass is 16.1. The van der Waals surface area contributed by atoms with Crippen molar-refractivity contribution in [3.05, 3.63) is 35.9 Å². The second-order valence-electron chi connectivity index (χ2n) is 3.45. The van der Waals surface area contributed by atoms with E-state index < -0.39 is 6.04 Å². The lowest BCUT2D eigenvalue weighted by molar-refractivity contribution is -0.120. The summed E-state index contributed by atoms with van der Waals surface area (Å²) in [6.45, 7) is 4.14. The van der Waals surface area contributed by atoms with Crippen molar-refractivity contribution in [1.82, 2.24) is 5.32 Å². The first-order chi connectivity index (χ1) is 8.19. The molecule has 0 saturated carbocycles. The van der Waals surface area contributed by atoms with Crippen molar-refractivity contribution < 1.29 is 4.79 Å². The van der Waals surface area contributed by atoms with Crippen LogP contribution < -0.4 is 11.1 Å². The summed E-state index contributed by atoms with van der Waals surface area (Å²) in [5, 5.41) is 11.3. The zero-order chi connectivity index (χ0) is 13.1. The Labute approximate surface area is 102 Å². The van der Waals surface area contributed by atoms with E-state index in [4.69, 9.17) is 11.0 Å². The summed E-state index contributed by atoms with van der Waals surface area (Å²) in [7, 11) is 0. The van der Waals surface area contributed by atoms with Crippen molar-refractivity contribution in [2.24, 2.45) is 5.73 Å². The predicted octanol–water partition coefficient (Wildman–Crippen LogP) is 1.74. The van der Waals surface area contributed by atoms with Gasteiger partial charge in [0.15, 0.2) is 0 Å². The van der Waals surface area contributed by atoms with E-state index >= 15 is 0 Å². The van der Waals surface area contributed by atoms with Gasteiger partial charge in [-0.25, -0.2) is 0 Å². The summed E-state index contributed by atoms with van der Waals surface area (Å²) in [5.74, 6) is -0.333. The lowest BCUT2D eigenvalue weighted by atomic mass is 10.1. The average Bonchev–Trinajstić information content (AvgIpc) is 2.37. The molecule has 0 bridgehead atoms. The number of carbonyl (C=O) groups excluding carboxylic acids is 1. The van der Waals surface area contributed by atoms with Crippen molar-refractivity contribution in [2.75, 3.05) is 6.54 Å². The Kier molecular flexibility index (Phi) is 8.35. The van der Waals surface area contributed by atoms with Crippen LogP contribution in [0.25, 0.3) is 0 Å². The molecule has 0 aliphatic heterocycles. The fraction of sp³-hybridized carbons (Fsp3) is 0.385. The van der Waals surface area contributed by atoms with Crippen molar-refractivity contribution >= 4 is 5.91 Å². The Morgan fingerprint density at radius 1 is 1.41 bits per heavy atom. The van der Waals surface area contributed by atoms with Gasteiger partial charge in [0.1, 0.15) is 6.04 Å². The molecule has 0 aliphatic rings. The molecule has 3 N–H and O–H groups in total. The molecule has 92 valence electrons. The number of carbonyl (C=O) groups is 1. The first-order valence-corrected chi connectivity index (χ1v) is 5.63. The zero-order valence-electron chi connectivity index (χ0n) is 10.3. The summed E-state index contributed by atoms with van der Waals surface area (Å²) in [6, 6.07) is 10.4. The molecule has 0 aliphatic carbocycles. The maximum atomic E-state index is 11.0. The third-order valence-corrected chi connectivity index (χ3v) is 1.75. The van der Waals surface area contributed by atoms with Crippen LogP contribution in [-0.4, -0.2) is 12.5 Å². The van der Waals surface area contributed by atoms with Crippen molar-refractivity contribution in [1.29, 1.82) is 5.26 Å². The van der Waals surface area contributed by atoms with E-state index in [1.807, 2.05) is 24.3 Å². The fourth-order valence-corrected chi connectivity index (χ4v) is 1.06. The number of nitrogens with zero attached hydrogens (tertiary/aromatic N) is 1. The molecule has 0 saturated heterocycles. The quantitative estimate of drug-likeness (QED) is 0.834. The Balaban J connectivity index is 0.000000770. The topological polar surface area (TPSA) is 78.9 Å². The monoisotopic (exact) mass is 233 g/mol. The molecule has 4 nitrogen and oxygen atoms in total. The Hall–Kier alpha value is -1.86. The summed E-state index contributed by atoms with van der Waals surface area (Å²) in [6.07, 6.45) is 1.25.